The molecule has 3 aromatic rings. The Labute approximate surface area is 141 Å². The summed E-state index contributed by atoms with van der Waals surface area (Å²) < 4.78 is 0. The molecule has 0 fully saturated rings. The van der Waals surface area contributed by atoms with Gasteiger partial charge in [-0.15, -0.1) is 0 Å². The molecule has 0 saturated heterocycles. The van der Waals surface area contributed by atoms with E-state index in [1.54, 1.807) is 12.4 Å². The number of halogens is 1. The van der Waals surface area contributed by atoms with E-state index in [9.17, 15) is 4.79 Å². The van der Waals surface area contributed by atoms with Crippen LogP contribution in [-0.4, -0.2) is 36.1 Å². The first kappa shape index (κ1) is 15.7. The van der Waals surface area contributed by atoms with Crippen molar-refractivity contribution in [2.45, 2.75) is 23.7 Å². The molecule has 3 heterocycles. The van der Waals surface area contributed by atoms with E-state index in [-0.39, 0.29) is 16.4 Å². The van der Waals surface area contributed by atoms with E-state index in [1.807, 2.05) is 19.1 Å². The van der Waals surface area contributed by atoms with Crippen LogP contribution >= 0.6 is 23.4 Å². The smallest absolute Gasteiger partial charge is 0.233 e. The molecular formula is C14H13ClN6OS. The van der Waals surface area contributed by atoms with Gasteiger partial charge < -0.3 is 10.3 Å². The molecule has 0 bridgehead atoms. The Bertz CT molecular complexity index is 825. The van der Waals surface area contributed by atoms with E-state index >= 15 is 0 Å². The zero-order valence-corrected chi connectivity index (χ0v) is 13.7. The minimum Gasteiger partial charge on any atom is -0.351 e. The number of amides is 1. The fourth-order valence-electron chi connectivity index (χ4n) is 1.92. The first-order chi connectivity index (χ1) is 11.1. The summed E-state index contributed by atoms with van der Waals surface area (Å²) in [5, 5.41) is 3.24. The fraction of sp³-hybridized carbons (Fsp3) is 0.214. The van der Waals surface area contributed by atoms with E-state index in [0.29, 0.717) is 22.7 Å². The van der Waals surface area contributed by atoms with Gasteiger partial charge in [-0.25, -0.2) is 9.97 Å². The zero-order valence-electron chi connectivity index (χ0n) is 12.2. The molecule has 9 heteroatoms. The largest absolute Gasteiger partial charge is 0.351 e. The molecule has 0 radical (unpaired) electrons. The van der Waals surface area contributed by atoms with Gasteiger partial charge in [0.25, 0.3) is 0 Å². The lowest BCUT2D eigenvalue weighted by molar-refractivity contribution is -0.120. The molecule has 1 amide bonds. The molecule has 0 aliphatic heterocycles. The second kappa shape index (κ2) is 6.93. The van der Waals surface area contributed by atoms with Gasteiger partial charge in [-0.05, 0) is 30.2 Å². The number of hydrogen-bond donors (Lipinski definition) is 2. The van der Waals surface area contributed by atoms with Crippen molar-refractivity contribution in [2.24, 2.45) is 0 Å². The summed E-state index contributed by atoms with van der Waals surface area (Å²) in [4.78, 5) is 31.4. The summed E-state index contributed by atoms with van der Waals surface area (Å²) in [6.07, 6.45) is 4.93. The van der Waals surface area contributed by atoms with Crippen LogP contribution in [0.3, 0.4) is 0 Å². The molecule has 0 spiro atoms. The molecule has 3 rings (SSSR count). The highest BCUT2D eigenvalue weighted by atomic mass is 35.5. The second-order valence-corrected chi connectivity index (χ2v) is 6.41. The van der Waals surface area contributed by atoms with Crippen LogP contribution in [0.2, 0.25) is 5.28 Å². The standard InChI is InChI=1S/C14H13ClN6OS/c1-8(12(22)17-6-9-3-2-4-16-5-9)23-13-10-11(19-7-18-10)20-14(15)21-13/h2-5,7-8H,6H2,1H3,(H,17,22)(H,18,19,20,21)/t8-/m0/s1. The van der Waals surface area contributed by atoms with E-state index in [4.69, 9.17) is 11.6 Å². The Hall–Kier alpha value is -2.19. The Morgan fingerprint density at radius 1 is 1.48 bits per heavy atom. The normalized spacial score (nSPS) is 12.3. The molecule has 3 aromatic heterocycles. The van der Waals surface area contributed by atoms with Crippen LogP contribution in [0.25, 0.3) is 11.2 Å². The average molecular weight is 349 g/mol. The Kier molecular flexibility index (Phi) is 4.73. The molecule has 2 N–H and O–H groups in total. The lowest BCUT2D eigenvalue weighted by Crippen LogP contribution is -2.30. The molecule has 7 nitrogen and oxygen atoms in total. The molecule has 0 unspecified atom stereocenters. The van der Waals surface area contributed by atoms with Gasteiger partial charge in [0, 0.05) is 18.9 Å². The number of nitrogens with one attached hydrogen (secondary N) is 2. The van der Waals surface area contributed by atoms with E-state index in [0.717, 1.165) is 5.56 Å². The van der Waals surface area contributed by atoms with Crippen LogP contribution in [0.15, 0.2) is 35.9 Å². The summed E-state index contributed by atoms with van der Waals surface area (Å²) in [5.74, 6) is -0.0961. The van der Waals surface area contributed by atoms with Gasteiger partial charge in [0.2, 0.25) is 11.2 Å². The van der Waals surface area contributed by atoms with Crippen molar-refractivity contribution in [1.82, 2.24) is 30.2 Å². The molecule has 0 saturated carbocycles. The van der Waals surface area contributed by atoms with Gasteiger partial charge in [-0.1, -0.05) is 17.8 Å². The van der Waals surface area contributed by atoms with Crippen LogP contribution < -0.4 is 5.32 Å². The first-order valence-electron chi connectivity index (χ1n) is 6.83. The van der Waals surface area contributed by atoms with E-state index < -0.39 is 0 Å². The highest BCUT2D eigenvalue weighted by Crippen LogP contribution is 2.27. The predicted octanol–water partition coefficient (Wildman–Crippen LogP) is 2.20. The Balaban J connectivity index is 1.67. The monoisotopic (exact) mass is 348 g/mol. The number of aromatic nitrogens is 5. The number of carbonyl (C=O) groups excluding carboxylic acids is 1. The van der Waals surface area contributed by atoms with Crippen molar-refractivity contribution in [3.63, 3.8) is 0 Å². The minimum absolute atomic E-state index is 0.0961. The third-order valence-corrected chi connectivity index (χ3v) is 4.33. The average Bonchev–Trinajstić information content (AvgIpc) is 3.02. The number of H-pyrrole nitrogens is 1. The topological polar surface area (TPSA) is 96.5 Å². The second-order valence-electron chi connectivity index (χ2n) is 4.74. The van der Waals surface area contributed by atoms with Crippen LogP contribution in [0.4, 0.5) is 0 Å². The summed E-state index contributed by atoms with van der Waals surface area (Å²) in [6, 6.07) is 3.74. The quantitative estimate of drug-likeness (QED) is 0.417. The molecular weight excluding hydrogens is 336 g/mol. The molecule has 23 heavy (non-hydrogen) atoms. The predicted molar refractivity (Wildman–Crippen MR) is 88.1 cm³/mol. The van der Waals surface area contributed by atoms with E-state index in [2.05, 4.69) is 30.2 Å². The van der Waals surface area contributed by atoms with Gasteiger partial charge in [-0.2, -0.15) is 4.98 Å². The summed E-state index contributed by atoms with van der Waals surface area (Å²) in [6.45, 7) is 2.24. The van der Waals surface area contributed by atoms with Gasteiger partial charge in [0.05, 0.1) is 11.6 Å². The highest BCUT2D eigenvalue weighted by Gasteiger charge is 2.18. The number of imidazole rings is 1. The van der Waals surface area contributed by atoms with Gasteiger partial charge in [-0.3, -0.25) is 9.78 Å². The molecule has 0 aromatic carbocycles. The van der Waals surface area contributed by atoms with Crippen LogP contribution in [-0.2, 0) is 11.3 Å². The van der Waals surface area contributed by atoms with Crippen molar-refractivity contribution in [3.05, 3.63) is 41.7 Å². The molecule has 118 valence electrons. The maximum Gasteiger partial charge on any atom is 0.233 e. The fourth-order valence-corrected chi connectivity index (χ4v) is 3.07. The molecule has 0 aliphatic carbocycles. The van der Waals surface area contributed by atoms with Crippen LogP contribution in [0.5, 0.6) is 0 Å². The van der Waals surface area contributed by atoms with Crippen LogP contribution in [0, 0.1) is 0 Å². The zero-order chi connectivity index (χ0) is 16.2. The summed E-state index contributed by atoms with van der Waals surface area (Å²) >= 11 is 7.19. The minimum atomic E-state index is -0.343. The van der Waals surface area contributed by atoms with Gasteiger partial charge in [0.1, 0.15) is 10.5 Å². The lowest BCUT2D eigenvalue weighted by Gasteiger charge is -2.11. The number of thioether (sulfide) groups is 1. The van der Waals surface area contributed by atoms with Crippen molar-refractivity contribution in [3.8, 4) is 0 Å². The number of pyridine rings is 1. The number of fused-ring (bicyclic) bond motifs is 1. The Morgan fingerprint density at radius 3 is 3.13 bits per heavy atom. The van der Waals surface area contributed by atoms with Gasteiger partial charge in [0.15, 0.2) is 5.65 Å². The van der Waals surface area contributed by atoms with Gasteiger partial charge >= 0.3 is 0 Å². The Morgan fingerprint density at radius 2 is 2.35 bits per heavy atom. The molecule has 1 atom stereocenters. The van der Waals surface area contributed by atoms with Crippen molar-refractivity contribution in [2.75, 3.05) is 0 Å². The number of nitrogens with zero attached hydrogens (tertiary/aromatic N) is 4. The number of aromatic amines is 1. The van der Waals surface area contributed by atoms with Crippen molar-refractivity contribution >= 4 is 40.4 Å². The summed E-state index contributed by atoms with van der Waals surface area (Å²) in [7, 11) is 0. The van der Waals surface area contributed by atoms with Crippen molar-refractivity contribution < 1.29 is 4.79 Å². The maximum atomic E-state index is 12.2. The number of hydrogen-bond acceptors (Lipinski definition) is 6. The third kappa shape index (κ3) is 3.77. The van der Waals surface area contributed by atoms with Crippen molar-refractivity contribution in [1.29, 1.82) is 0 Å². The first-order valence-corrected chi connectivity index (χ1v) is 8.09. The molecule has 0 aliphatic rings. The highest BCUT2D eigenvalue weighted by molar-refractivity contribution is 8.00. The number of rotatable bonds is 5. The lowest BCUT2D eigenvalue weighted by atomic mass is 10.3. The van der Waals surface area contributed by atoms with E-state index in [1.165, 1.54) is 18.1 Å². The third-order valence-electron chi connectivity index (χ3n) is 3.07. The SMILES string of the molecule is C[C@H](Sc1nc(Cl)nc2nc[nH]c12)C(=O)NCc1cccnc1. The maximum absolute atomic E-state index is 12.2. The number of carbonyl (C=O) groups is 1. The summed E-state index contributed by atoms with van der Waals surface area (Å²) in [5.41, 5.74) is 2.10. The van der Waals surface area contributed by atoms with Crippen LogP contribution in [0.1, 0.15) is 12.5 Å².